The van der Waals surface area contributed by atoms with Crippen molar-refractivity contribution in [3.8, 4) is 0 Å². The summed E-state index contributed by atoms with van der Waals surface area (Å²) in [6, 6.07) is 5.44. The highest BCUT2D eigenvalue weighted by molar-refractivity contribution is 6.35. The zero-order chi connectivity index (χ0) is 14.0. The quantitative estimate of drug-likeness (QED) is 0.900. The smallest absolute Gasteiger partial charge is 0.225 e. The molecule has 3 unspecified atom stereocenters. The molecule has 1 aliphatic heterocycles. The van der Waals surface area contributed by atoms with Gasteiger partial charge in [-0.05, 0) is 44.5 Å². The molecule has 2 rings (SSSR count). The molecule has 0 spiro atoms. The summed E-state index contributed by atoms with van der Waals surface area (Å²) in [4.78, 5) is 12.2. The van der Waals surface area contributed by atoms with Gasteiger partial charge in [0.05, 0.1) is 12.0 Å². The van der Waals surface area contributed by atoms with Crippen molar-refractivity contribution in [1.29, 1.82) is 0 Å². The van der Waals surface area contributed by atoms with Crippen LogP contribution >= 0.6 is 23.2 Å². The lowest BCUT2D eigenvalue weighted by atomic mass is 10.00. The highest BCUT2D eigenvalue weighted by atomic mass is 35.5. The molecule has 1 amide bonds. The Morgan fingerprint density at radius 2 is 2.21 bits per heavy atom. The van der Waals surface area contributed by atoms with Crippen molar-refractivity contribution in [2.75, 3.05) is 6.54 Å². The topological polar surface area (TPSA) is 41.1 Å². The molecule has 1 saturated heterocycles. The first kappa shape index (κ1) is 14.6. The maximum Gasteiger partial charge on any atom is 0.225 e. The number of nitrogens with one attached hydrogen (secondary N) is 2. The number of halogens is 2. The van der Waals surface area contributed by atoms with Crippen molar-refractivity contribution in [3.05, 3.63) is 33.8 Å². The minimum absolute atomic E-state index is 0.0357. The van der Waals surface area contributed by atoms with E-state index in [2.05, 4.69) is 10.6 Å². The van der Waals surface area contributed by atoms with Crippen molar-refractivity contribution in [2.24, 2.45) is 5.92 Å². The Labute approximate surface area is 123 Å². The van der Waals surface area contributed by atoms with Crippen molar-refractivity contribution < 1.29 is 4.79 Å². The number of carbonyl (C=O) groups is 1. The van der Waals surface area contributed by atoms with Gasteiger partial charge in [-0.1, -0.05) is 29.3 Å². The van der Waals surface area contributed by atoms with Crippen molar-refractivity contribution in [3.63, 3.8) is 0 Å². The summed E-state index contributed by atoms with van der Waals surface area (Å²) in [6.45, 7) is 4.87. The number of rotatable bonds is 3. The van der Waals surface area contributed by atoms with Crippen molar-refractivity contribution >= 4 is 29.1 Å². The molecule has 0 aromatic heterocycles. The Bertz CT molecular complexity index is 479. The van der Waals surface area contributed by atoms with Gasteiger partial charge >= 0.3 is 0 Å². The molecular formula is C14H18Cl2N2O. The van der Waals surface area contributed by atoms with E-state index in [4.69, 9.17) is 23.2 Å². The molecule has 2 N–H and O–H groups in total. The van der Waals surface area contributed by atoms with Gasteiger partial charge in [-0.15, -0.1) is 0 Å². The first-order valence-corrected chi connectivity index (χ1v) is 7.23. The van der Waals surface area contributed by atoms with Gasteiger partial charge in [0.2, 0.25) is 5.91 Å². The van der Waals surface area contributed by atoms with Crippen LogP contribution in [0, 0.1) is 5.92 Å². The number of hydrogen-bond donors (Lipinski definition) is 2. The number of benzene rings is 1. The van der Waals surface area contributed by atoms with Crippen LogP contribution in [-0.4, -0.2) is 18.5 Å². The van der Waals surface area contributed by atoms with Gasteiger partial charge in [0.25, 0.3) is 0 Å². The van der Waals surface area contributed by atoms with Gasteiger partial charge in [0, 0.05) is 16.1 Å². The number of carbonyl (C=O) groups excluding carboxylic acids is 1. The Morgan fingerprint density at radius 3 is 2.79 bits per heavy atom. The first-order chi connectivity index (χ1) is 8.99. The highest BCUT2D eigenvalue weighted by Crippen LogP contribution is 2.26. The van der Waals surface area contributed by atoms with E-state index in [9.17, 15) is 4.79 Å². The number of hydrogen-bond acceptors (Lipinski definition) is 2. The summed E-state index contributed by atoms with van der Waals surface area (Å²) < 4.78 is 0. The van der Waals surface area contributed by atoms with Crippen molar-refractivity contribution in [2.45, 2.75) is 32.4 Å². The van der Waals surface area contributed by atoms with Crippen LogP contribution in [0.3, 0.4) is 0 Å². The van der Waals surface area contributed by atoms with Gasteiger partial charge in [-0.25, -0.2) is 0 Å². The van der Waals surface area contributed by atoms with Crippen LogP contribution in [0.2, 0.25) is 10.0 Å². The average molecular weight is 301 g/mol. The van der Waals surface area contributed by atoms with E-state index in [1.165, 1.54) is 0 Å². The highest BCUT2D eigenvalue weighted by Gasteiger charge is 2.30. The van der Waals surface area contributed by atoms with E-state index in [0.717, 1.165) is 18.5 Å². The van der Waals surface area contributed by atoms with Crippen LogP contribution in [-0.2, 0) is 4.79 Å². The molecule has 1 aromatic rings. The van der Waals surface area contributed by atoms with Crippen LogP contribution in [0.4, 0.5) is 0 Å². The van der Waals surface area contributed by atoms with E-state index in [1.54, 1.807) is 12.1 Å². The lowest BCUT2D eigenvalue weighted by Crippen LogP contribution is -2.37. The summed E-state index contributed by atoms with van der Waals surface area (Å²) in [5.74, 6) is 0.115. The second-order valence-corrected chi connectivity index (χ2v) is 5.88. The summed E-state index contributed by atoms with van der Waals surface area (Å²) in [5.41, 5.74) is 0.887. The molecule has 3 nitrogen and oxygen atoms in total. The van der Waals surface area contributed by atoms with E-state index < -0.39 is 0 Å². The fourth-order valence-corrected chi connectivity index (χ4v) is 3.04. The molecule has 5 heteroatoms. The molecule has 0 saturated carbocycles. The van der Waals surface area contributed by atoms with Crippen LogP contribution in [0.25, 0.3) is 0 Å². The van der Waals surface area contributed by atoms with Crippen LogP contribution in [0.15, 0.2) is 18.2 Å². The maximum atomic E-state index is 12.2. The first-order valence-electron chi connectivity index (χ1n) is 6.47. The van der Waals surface area contributed by atoms with Crippen LogP contribution in [0.1, 0.15) is 31.9 Å². The Morgan fingerprint density at radius 1 is 1.47 bits per heavy atom. The monoisotopic (exact) mass is 300 g/mol. The minimum Gasteiger partial charge on any atom is -0.349 e. The summed E-state index contributed by atoms with van der Waals surface area (Å²) in [6.07, 6.45) is 0.883. The van der Waals surface area contributed by atoms with Gasteiger partial charge in [0.1, 0.15) is 0 Å². The van der Waals surface area contributed by atoms with Gasteiger partial charge in [-0.2, -0.15) is 0 Å². The van der Waals surface area contributed by atoms with E-state index in [1.807, 2.05) is 19.9 Å². The zero-order valence-electron chi connectivity index (χ0n) is 11.0. The molecule has 1 aliphatic rings. The third-order valence-corrected chi connectivity index (χ3v) is 4.21. The lowest BCUT2D eigenvalue weighted by molar-refractivity contribution is -0.125. The van der Waals surface area contributed by atoms with Crippen molar-refractivity contribution in [1.82, 2.24) is 10.6 Å². The molecule has 0 aliphatic carbocycles. The van der Waals surface area contributed by atoms with E-state index in [0.29, 0.717) is 10.0 Å². The summed E-state index contributed by atoms with van der Waals surface area (Å²) >= 11 is 12.0. The van der Waals surface area contributed by atoms with Gasteiger partial charge < -0.3 is 10.6 Å². The van der Waals surface area contributed by atoms with Gasteiger partial charge in [-0.3, -0.25) is 4.79 Å². The Balaban J connectivity index is 2.04. The third-order valence-electron chi connectivity index (χ3n) is 3.65. The Hall–Kier alpha value is -0.770. The lowest BCUT2D eigenvalue weighted by Gasteiger charge is -2.20. The molecule has 0 radical (unpaired) electrons. The summed E-state index contributed by atoms with van der Waals surface area (Å²) in [5, 5.41) is 7.48. The van der Waals surface area contributed by atoms with Gasteiger partial charge in [0.15, 0.2) is 0 Å². The summed E-state index contributed by atoms with van der Waals surface area (Å²) in [7, 11) is 0. The second-order valence-electron chi connectivity index (χ2n) is 5.03. The molecule has 104 valence electrons. The maximum absolute atomic E-state index is 12.2. The van der Waals surface area contributed by atoms with Crippen LogP contribution < -0.4 is 10.6 Å². The van der Waals surface area contributed by atoms with Crippen LogP contribution in [0.5, 0.6) is 0 Å². The second kappa shape index (κ2) is 6.12. The zero-order valence-corrected chi connectivity index (χ0v) is 12.6. The largest absolute Gasteiger partial charge is 0.349 e. The van der Waals surface area contributed by atoms with E-state index in [-0.39, 0.29) is 23.9 Å². The standard InChI is InChI=1S/C14H18Cl2N2O/c1-8-12(5-6-17-8)14(19)18-9(2)11-4-3-10(15)7-13(11)16/h3-4,7-9,12,17H,5-6H2,1-2H3,(H,18,19). The molecule has 0 bridgehead atoms. The predicted molar refractivity (Wildman–Crippen MR) is 78.6 cm³/mol. The molecule has 3 atom stereocenters. The average Bonchev–Trinajstić information content (AvgIpc) is 2.75. The molecular weight excluding hydrogens is 283 g/mol. The number of amides is 1. The molecule has 1 aromatic carbocycles. The molecule has 1 fully saturated rings. The normalized spacial score (nSPS) is 24.2. The third kappa shape index (κ3) is 3.41. The minimum atomic E-state index is -0.120. The fraction of sp³-hybridized carbons (Fsp3) is 0.500. The fourth-order valence-electron chi connectivity index (χ4n) is 2.47. The Kier molecular flexibility index (Phi) is 4.71. The molecule has 19 heavy (non-hydrogen) atoms. The SMILES string of the molecule is CC(NC(=O)C1CCNC1C)c1ccc(Cl)cc1Cl. The van der Waals surface area contributed by atoms with E-state index >= 15 is 0 Å². The molecule has 1 heterocycles. The predicted octanol–water partition coefficient (Wildman–Crippen LogP) is 3.17.